The zero-order valence-corrected chi connectivity index (χ0v) is 13.4. The van der Waals surface area contributed by atoms with Crippen LogP contribution < -0.4 is 0 Å². The number of rotatable bonds is 10. The van der Waals surface area contributed by atoms with Crippen LogP contribution in [0, 0.1) is 0 Å². The molecule has 1 aromatic carbocycles. The van der Waals surface area contributed by atoms with Gasteiger partial charge in [-0.15, -0.1) is 0 Å². The van der Waals surface area contributed by atoms with Gasteiger partial charge in [-0.25, -0.2) is 0 Å². The maximum Gasteiger partial charge on any atom is 0.179 e. The molecule has 0 aliphatic rings. The van der Waals surface area contributed by atoms with E-state index < -0.39 is 9.04 Å². The molecule has 19 heavy (non-hydrogen) atoms. The predicted octanol–water partition coefficient (Wildman–Crippen LogP) is 4.02. The molecule has 0 aliphatic carbocycles. The Morgan fingerprint density at radius 1 is 1.21 bits per heavy atom. The Labute approximate surface area is 119 Å². The number of ether oxygens (including phenoxy) is 1. The molecule has 0 spiro atoms. The Kier molecular flexibility index (Phi) is 8.46. The first-order chi connectivity index (χ1) is 9.31. The molecule has 1 unspecified atom stereocenters. The fourth-order valence-corrected chi connectivity index (χ4v) is 4.18. The monoisotopic (exact) mass is 278 g/mol. The molecule has 0 saturated heterocycles. The lowest BCUT2D eigenvalue weighted by molar-refractivity contribution is 0.157. The van der Waals surface area contributed by atoms with E-state index in [1.165, 1.54) is 23.6 Å². The van der Waals surface area contributed by atoms with E-state index in [1.54, 1.807) is 0 Å². The smallest absolute Gasteiger partial charge is 0.179 e. The van der Waals surface area contributed by atoms with Gasteiger partial charge in [-0.3, -0.25) is 0 Å². The summed E-state index contributed by atoms with van der Waals surface area (Å²) in [6, 6.07) is 10.6. The molecule has 0 fully saturated rings. The highest BCUT2D eigenvalue weighted by molar-refractivity contribution is 6.51. The third kappa shape index (κ3) is 6.19. The van der Waals surface area contributed by atoms with Gasteiger partial charge in [0.25, 0.3) is 0 Å². The molecule has 0 radical (unpaired) electrons. The van der Waals surface area contributed by atoms with E-state index in [0.717, 1.165) is 19.3 Å². The summed E-state index contributed by atoms with van der Waals surface area (Å²) in [6.07, 6.45) is 3.10. The Hall–Kier alpha value is -0.903. The van der Waals surface area contributed by atoms with Crippen LogP contribution in [-0.2, 0) is 15.8 Å². The summed E-state index contributed by atoms with van der Waals surface area (Å²) >= 11 is 0. The number of benzene rings is 1. The second-order valence-electron chi connectivity index (χ2n) is 4.61. The van der Waals surface area contributed by atoms with Gasteiger partial charge < -0.3 is 9.16 Å². The van der Waals surface area contributed by atoms with E-state index >= 15 is 0 Å². The van der Waals surface area contributed by atoms with Crippen LogP contribution in [0.4, 0.5) is 0 Å². The fourth-order valence-electron chi connectivity index (χ4n) is 2.06. The number of hydrogen-bond acceptors (Lipinski definition) is 2. The summed E-state index contributed by atoms with van der Waals surface area (Å²) < 4.78 is 11.6. The molecule has 0 aromatic heterocycles. The lowest BCUT2D eigenvalue weighted by Crippen LogP contribution is -2.20. The van der Waals surface area contributed by atoms with Gasteiger partial charge in [0.15, 0.2) is 9.04 Å². The molecule has 2 nitrogen and oxygen atoms in total. The van der Waals surface area contributed by atoms with Crippen molar-refractivity contribution in [1.29, 1.82) is 0 Å². The van der Waals surface area contributed by atoms with Crippen LogP contribution in [0.25, 0.3) is 6.08 Å². The SMILES string of the molecule is C=Cc1ccccc1CO[SiH](CCC)CCOCC. The van der Waals surface area contributed by atoms with E-state index in [4.69, 9.17) is 9.16 Å². The molecule has 0 aliphatic heterocycles. The van der Waals surface area contributed by atoms with Crippen molar-refractivity contribution in [2.45, 2.75) is 39.0 Å². The molecule has 0 saturated carbocycles. The van der Waals surface area contributed by atoms with Gasteiger partial charge in [0.2, 0.25) is 0 Å². The molecule has 0 heterocycles. The van der Waals surface area contributed by atoms with Gasteiger partial charge >= 0.3 is 0 Å². The largest absolute Gasteiger partial charge is 0.416 e. The van der Waals surface area contributed by atoms with Crippen molar-refractivity contribution >= 4 is 15.1 Å². The molecule has 0 amide bonds. The van der Waals surface area contributed by atoms with Crippen LogP contribution in [0.5, 0.6) is 0 Å². The van der Waals surface area contributed by atoms with Crippen molar-refractivity contribution < 1.29 is 9.16 Å². The van der Waals surface area contributed by atoms with Crippen molar-refractivity contribution in [2.24, 2.45) is 0 Å². The van der Waals surface area contributed by atoms with Crippen LogP contribution in [0.2, 0.25) is 12.1 Å². The average molecular weight is 278 g/mol. The molecule has 1 rings (SSSR count). The molecule has 1 aromatic rings. The third-order valence-corrected chi connectivity index (χ3v) is 5.89. The minimum absolute atomic E-state index is 0.713. The van der Waals surface area contributed by atoms with Crippen LogP contribution in [-0.4, -0.2) is 22.3 Å². The highest BCUT2D eigenvalue weighted by Gasteiger charge is 2.11. The molecule has 3 heteroatoms. The van der Waals surface area contributed by atoms with Crippen molar-refractivity contribution in [2.75, 3.05) is 13.2 Å². The second kappa shape index (κ2) is 9.95. The standard InChI is InChI=1S/C16H26O2Si/c1-4-12-19(13-11-17-6-3)18-14-16-10-8-7-9-15(16)5-2/h5,7-10,19H,2,4,6,11-14H2,1,3H3. The van der Waals surface area contributed by atoms with Crippen LogP contribution in [0.15, 0.2) is 30.8 Å². The van der Waals surface area contributed by atoms with Crippen molar-refractivity contribution in [3.8, 4) is 0 Å². The quantitative estimate of drug-likeness (QED) is 0.475. The lowest BCUT2D eigenvalue weighted by atomic mass is 10.1. The van der Waals surface area contributed by atoms with Crippen molar-refractivity contribution in [3.63, 3.8) is 0 Å². The van der Waals surface area contributed by atoms with E-state index in [0.29, 0.717) is 6.61 Å². The third-order valence-electron chi connectivity index (χ3n) is 3.15. The van der Waals surface area contributed by atoms with Gasteiger partial charge in [0, 0.05) is 13.2 Å². The number of hydrogen-bond donors (Lipinski definition) is 0. The Balaban J connectivity index is 2.47. The fraction of sp³-hybridized carbons (Fsp3) is 0.500. The maximum absolute atomic E-state index is 6.17. The van der Waals surface area contributed by atoms with Crippen LogP contribution in [0.1, 0.15) is 31.4 Å². The maximum atomic E-state index is 6.17. The minimum atomic E-state index is -1.13. The summed E-state index contributed by atoms with van der Waals surface area (Å²) in [5, 5.41) is 0. The first kappa shape index (κ1) is 16.2. The zero-order chi connectivity index (χ0) is 13.9. The summed E-state index contributed by atoms with van der Waals surface area (Å²) in [4.78, 5) is 0. The first-order valence-corrected chi connectivity index (χ1v) is 9.31. The van der Waals surface area contributed by atoms with Gasteiger partial charge in [-0.1, -0.05) is 50.3 Å². The van der Waals surface area contributed by atoms with Gasteiger partial charge in [-0.2, -0.15) is 0 Å². The highest BCUT2D eigenvalue weighted by Crippen LogP contribution is 2.14. The van der Waals surface area contributed by atoms with Crippen molar-refractivity contribution in [1.82, 2.24) is 0 Å². The highest BCUT2D eigenvalue weighted by atomic mass is 28.3. The van der Waals surface area contributed by atoms with E-state index in [2.05, 4.69) is 31.7 Å². The molecule has 1 atom stereocenters. The Morgan fingerprint density at radius 3 is 2.68 bits per heavy atom. The van der Waals surface area contributed by atoms with Gasteiger partial charge in [0.05, 0.1) is 6.61 Å². The summed E-state index contributed by atoms with van der Waals surface area (Å²) in [5.41, 5.74) is 2.42. The van der Waals surface area contributed by atoms with E-state index in [-0.39, 0.29) is 0 Å². The van der Waals surface area contributed by atoms with Crippen molar-refractivity contribution in [3.05, 3.63) is 42.0 Å². The normalized spacial score (nSPS) is 12.3. The van der Waals surface area contributed by atoms with E-state index in [9.17, 15) is 0 Å². The molecule has 0 N–H and O–H groups in total. The molecule has 0 bridgehead atoms. The lowest BCUT2D eigenvalue weighted by Gasteiger charge is -2.16. The first-order valence-electron chi connectivity index (χ1n) is 7.21. The van der Waals surface area contributed by atoms with Gasteiger partial charge in [-0.05, 0) is 30.1 Å². The molecule has 106 valence electrons. The average Bonchev–Trinajstić information content (AvgIpc) is 2.45. The summed E-state index contributed by atoms with van der Waals surface area (Å²) in [6.45, 7) is 10.5. The van der Waals surface area contributed by atoms with Crippen LogP contribution >= 0.6 is 0 Å². The second-order valence-corrected chi connectivity index (χ2v) is 7.34. The minimum Gasteiger partial charge on any atom is -0.416 e. The van der Waals surface area contributed by atoms with E-state index in [1.807, 2.05) is 19.1 Å². The molecular formula is C16H26O2Si. The Morgan fingerprint density at radius 2 is 2.00 bits per heavy atom. The van der Waals surface area contributed by atoms with Gasteiger partial charge in [0.1, 0.15) is 0 Å². The zero-order valence-electron chi connectivity index (χ0n) is 12.2. The van der Waals surface area contributed by atoms with Crippen LogP contribution in [0.3, 0.4) is 0 Å². The topological polar surface area (TPSA) is 18.5 Å². The predicted molar refractivity (Wildman–Crippen MR) is 84.9 cm³/mol. The molecular weight excluding hydrogens is 252 g/mol. The summed E-state index contributed by atoms with van der Waals surface area (Å²) in [7, 11) is -1.13. The Bertz CT molecular complexity index is 366. The summed E-state index contributed by atoms with van der Waals surface area (Å²) in [5.74, 6) is 0.